The van der Waals surface area contributed by atoms with Gasteiger partial charge in [0.2, 0.25) is 0 Å². The zero-order valence-corrected chi connectivity index (χ0v) is 14.1. The first-order valence-corrected chi connectivity index (χ1v) is 8.27. The highest BCUT2D eigenvalue weighted by atomic mass is 32.1. The normalized spacial score (nSPS) is 18.1. The van der Waals surface area contributed by atoms with E-state index in [0.29, 0.717) is 33.8 Å². The van der Waals surface area contributed by atoms with E-state index in [1.807, 2.05) is 0 Å². The first-order chi connectivity index (χ1) is 11.4. The maximum atomic E-state index is 12.8. The number of rotatable bonds is 3. The van der Waals surface area contributed by atoms with E-state index in [9.17, 15) is 14.4 Å². The van der Waals surface area contributed by atoms with E-state index in [1.54, 1.807) is 18.9 Å². The van der Waals surface area contributed by atoms with Crippen molar-refractivity contribution >= 4 is 33.4 Å². The van der Waals surface area contributed by atoms with Gasteiger partial charge in [-0.3, -0.25) is 14.4 Å². The van der Waals surface area contributed by atoms with Crippen LogP contribution in [0, 0.1) is 6.92 Å². The number of hydrogen-bond donors (Lipinski definition) is 1. The van der Waals surface area contributed by atoms with E-state index in [4.69, 9.17) is 9.84 Å². The number of morpholine rings is 1. The predicted molar refractivity (Wildman–Crippen MR) is 87.5 cm³/mol. The Morgan fingerprint density at radius 3 is 2.96 bits per heavy atom. The van der Waals surface area contributed by atoms with Crippen molar-refractivity contribution in [2.45, 2.75) is 19.4 Å². The number of fused-ring (bicyclic) bond motifs is 1. The van der Waals surface area contributed by atoms with Crippen LogP contribution in [-0.2, 0) is 16.6 Å². The fourth-order valence-electron chi connectivity index (χ4n) is 2.78. The van der Waals surface area contributed by atoms with E-state index in [-0.39, 0.29) is 24.4 Å². The van der Waals surface area contributed by atoms with Crippen LogP contribution in [0.3, 0.4) is 0 Å². The van der Waals surface area contributed by atoms with Gasteiger partial charge in [0, 0.05) is 20.1 Å². The Kier molecular flexibility index (Phi) is 4.37. The molecule has 2 aromatic rings. The van der Waals surface area contributed by atoms with Crippen LogP contribution in [0.4, 0.5) is 0 Å². The molecule has 0 aromatic carbocycles. The maximum absolute atomic E-state index is 12.8. The summed E-state index contributed by atoms with van der Waals surface area (Å²) in [5.41, 5.74) is 0.438. The quantitative estimate of drug-likeness (QED) is 0.870. The number of carboxylic acid groups (broad SMARTS) is 1. The van der Waals surface area contributed by atoms with Gasteiger partial charge in [0.1, 0.15) is 4.83 Å². The van der Waals surface area contributed by atoms with Crippen LogP contribution in [0.2, 0.25) is 0 Å². The second kappa shape index (κ2) is 6.33. The van der Waals surface area contributed by atoms with E-state index in [1.165, 1.54) is 22.2 Å². The van der Waals surface area contributed by atoms with Gasteiger partial charge in [-0.2, -0.15) is 0 Å². The molecule has 1 saturated heterocycles. The molecule has 0 unspecified atom stereocenters. The predicted octanol–water partition coefficient (Wildman–Crippen LogP) is 0.619. The van der Waals surface area contributed by atoms with Crippen LogP contribution in [0.5, 0.6) is 0 Å². The smallest absolute Gasteiger partial charge is 0.306 e. The number of aromatic nitrogens is 2. The van der Waals surface area contributed by atoms with Crippen LogP contribution < -0.4 is 5.56 Å². The van der Waals surface area contributed by atoms with E-state index < -0.39 is 12.1 Å². The SMILES string of the molecule is Cc1c(C(=O)N2CCO[C@H](CC(=O)O)C2)sc2ncn(C)c(=O)c12. The van der Waals surface area contributed by atoms with Gasteiger partial charge in [0.05, 0.1) is 35.7 Å². The van der Waals surface area contributed by atoms with Crippen LogP contribution in [0.25, 0.3) is 10.2 Å². The van der Waals surface area contributed by atoms with Crippen molar-refractivity contribution in [2.24, 2.45) is 7.05 Å². The summed E-state index contributed by atoms with van der Waals surface area (Å²) in [6, 6.07) is 0. The third-order valence-electron chi connectivity index (χ3n) is 4.03. The Morgan fingerprint density at radius 1 is 1.50 bits per heavy atom. The minimum atomic E-state index is -0.958. The van der Waals surface area contributed by atoms with Gasteiger partial charge in [-0.05, 0) is 12.5 Å². The van der Waals surface area contributed by atoms with Gasteiger partial charge in [0.15, 0.2) is 0 Å². The number of thiophene rings is 1. The molecule has 24 heavy (non-hydrogen) atoms. The lowest BCUT2D eigenvalue weighted by atomic mass is 10.1. The zero-order valence-electron chi connectivity index (χ0n) is 13.3. The lowest BCUT2D eigenvalue weighted by molar-refractivity contribution is -0.141. The molecule has 0 bridgehead atoms. The number of carbonyl (C=O) groups is 2. The molecule has 3 rings (SSSR count). The van der Waals surface area contributed by atoms with E-state index >= 15 is 0 Å². The molecule has 1 atom stereocenters. The highest BCUT2D eigenvalue weighted by Crippen LogP contribution is 2.28. The zero-order chi connectivity index (χ0) is 17.4. The van der Waals surface area contributed by atoms with Gasteiger partial charge < -0.3 is 19.3 Å². The highest BCUT2D eigenvalue weighted by molar-refractivity contribution is 7.20. The Hall–Kier alpha value is -2.26. The van der Waals surface area contributed by atoms with Gasteiger partial charge in [-0.25, -0.2) is 4.98 Å². The Balaban J connectivity index is 1.91. The van der Waals surface area contributed by atoms with Gasteiger partial charge in [-0.15, -0.1) is 11.3 Å². The summed E-state index contributed by atoms with van der Waals surface area (Å²) in [6.45, 7) is 2.66. The van der Waals surface area contributed by atoms with Crippen LogP contribution in [0.1, 0.15) is 21.7 Å². The van der Waals surface area contributed by atoms with Crippen LogP contribution >= 0.6 is 11.3 Å². The number of aliphatic carboxylic acids is 1. The number of carboxylic acids is 1. The number of aryl methyl sites for hydroxylation is 2. The number of amides is 1. The summed E-state index contributed by atoms with van der Waals surface area (Å²) < 4.78 is 6.77. The number of ether oxygens (including phenoxy) is 1. The van der Waals surface area contributed by atoms with Crippen LogP contribution in [0.15, 0.2) is 11.1 Å². The molecule has 0 radical (unpaired) electrons. The molecule has 1 N–H and O–H groups in total. The number of carbonyl (C=O) groups excluding carboxylic acids is 1. The molecule has 2 aromatic heterocycles. The Morgan fingerprint density at radius 2 is 2.25 bits per heavy atom. The lowest BCUT2D eigenvalue weighted by Crippen LogP contribution is -2.46. The molecular formula is C15H17N3O5S. The standard InChI is InChI=1S/C15H17N3O5S/c1-8-11-13(16-7-17(2)14(11)21)24-12(8)15(22)18-3-4-23-9(6-18)5-10(19)20/h7,9H,3-6H2,1-2H3,(H,19,20)/t9-/m1/s1. The molecule has 8 nitrogen and oxygen atoms in total. The van der Waals surface area contributed by atoms with Gasteiger partial charge in [0.25, 0.3) is 11.5 Å². The molecule has 128 valence electrons. The summed E-state index contributed by atoms with van der Waals surface area (Å²) in [5.74, 6) is -1.17. The molecule has 0 spiro atoms. The average molecular weight is 351 g/mol. The number of hydrogen-bond acceptors (Lipinski definition) is 6. The largest absolute Gasteiger partial charge is 0.481 e. The molecule has 0 aliphatic carbocycles. The van der Waals surface area contributed by atoms with Crippen LogP contribution in [-0.4, -0.2) is 57.2 Å². The Labute approximate surface area is 141 Å². The fraction of sp³-hybridized carbons (Fsp3) is 0.467. The van der Waals surface area contributed by atoms with Gasteiger partial charge >= 0.3 is 5.97 Å². The summed E-state index contributed by atoms with van der Waals surface area (Å²) in [5, 5.41) is 9.34. The molecular weight excluding hydrogens is 334 g/mol. The summed E-state index contributed by atoms with van der Waals surface area (Å²) in [6.07, 6.45) is 0.782. The monoisotopic (exact) mass is 351 g/mol. The topological polar surface area (TPSA) is 102 Å². The van der Waals surface area contributed by atoms with Gasteiger partial charge in [-0.1, -0.05) is 0 Å². The maximum Gasteiger partial charge on any atom is 0.306 e. The van der Waals surface area contributed by atoms with Crippen molar-refractivity contribution in [3.63, 3.8) is 0 Å². The first kappa shape index (κ1) is 16.6. The summed E-state index contributed by atoms with van der Waals surface area (Å²) in [7, 11) is 1.62. The highest BCUT2D eigenvalue weighted by Gasteiger charge is 2.29. The van der Waals surface area contributed by atoms with Crippen molar-refractivity contribution < 1.29 is 19.4 Å². The minimum absolute atomic E-state index is 0.142. The average Bonchev–Trinajstić information content (AvgIpc) is 2.87. The first-order valence-electron chi connectivity index (χ1n) is 7.46. The second-order valence-corrected chi connectivity index (χ2v) is 6.74. The van der Waals surface area contributed by atoms with E-state index in [2.05, 4.69) is 4.98 Å². The molecule has 1 amide bonds. The van der Waals surface area contributed by atoms with E-state index in [0.717, 1.165) is 0 Å². The third kappa shape index (κ3) is 2.92. The molecule has 1 aliphatic rings. The molecule has 9 heteroatoms. The lowest BCUT2D eigenvalue weighted by Gasteiger charge is -2.32. The summed E-state index contributed by atoms with van der Waals surface area (Å²) in [4.78, 5) is 42.7. The van der Waals surface area contributed by atoms with Crippen molar-refractivity contribution in [3.05, 3.63) is 27.1 Å². The van der Waals surface area contributed by atoms with Crippen molar-refractivity contribution in [1.82, 2.24) is 14.5 Å². The van der Waals surface area contributed by atoms with Crippen molar-refractivity contribution in [2.75, 3.05) is 19.7 Å². The molecule has 1 fully saturated rings. The minimum Gasteiger partial charge on any atom is -0.481 e. The van der Waals surface area contributed by atoms with Crippen molar-refractivity contribution in [1.29, 1.82) is 0 Å². The molecule has 0 saturated carbocycles. The fourth-order valence-corrected chi connectivity index (χ4v) is 3.89. The third-order valence-corrected chi connectivity index (χ3v) is 5.22. The second-order valence-electron chi connectivity index (χ2n) is 5.74. The molecule has 3 heterocycles. The number of nitrogens with zero attached hydrogens (tertiary/aromatic N) is 3. The molecule has 1 aliphatic heterocycles. The summed E-state index contributed by atoms with van der Waals surface area (Å²) >= 11 is 1.19. The van der Waals surface area contributed by atoms with Crippen molar-refractivity contribution in [3.8, 4) is 0 Å². The Bertz CT molecular complexity index is 872.